The number of halogens is 2. The lowest BCUT2D eigenvalue weighted by atomic mass is 9.99. The van der Waals surface area contributed by atoms with Gasteiger partial charge in [0, 0.05) is 37.9 Å². The molecule has 0 bridgehead atoms. The number of amides is 2. The normalized spacial score (nSPS) is 14.3. The average molecular weight is 468 g/mol. The van der Waals surface area contributed by atoms with Crippen LogP contribution in [0.4, 0.5) is 14.9 Å². The Kier molecular flexibility index (Phi) is 6.91. The van der Waals surface area contributed by atoms with E-state index in [1.54, 1.807) is 11.1 Å². The maximum atomic E-state index is 13.4. The molecule has 1 aliphatic heterocycles. The van der Waals surface area contributed by atoms with Crippen molar-refractivity contribution in [2.75, 3.05) is 18.4 Å². The molecule has 26 heavy (non-hydrogen) atoms. The van der Waals surface area contributed by atoms with Crippen molar-refractivity contribution in [3.63, 3.8) is 0 Å². The third-order valence-electron chi connectivity index (χ3n) is 4.47. The lowest BCUT2D eigenvalue weighted by Crippen LogP contribution is -2.40. The highest BCUT2D eigenvalue weighted by Gasteiger charge is 2.22. The number of benzene rings is 1. The third kappa shape index (κ3) is 4.69. The summed E-state index contributed by atoms with van der Waals surface area (Å²) in [7, 11) is 0. The van der Waals surface area contributed by atoms with Gasteiger partial charge in [0.15, 0.2) is 0 Å². The summed E-state index contributed by atoms with van der Waals surface area (Å²) in [5, 5.41) is 11.8. The number of carbonyl (C=O) groups is 1. The van der Waals surface area contributed by atoms with Crippen LogP contribution in [-0.2, 0) is 0 Å². The van der Waals surface area contributed by atoms with Gasteiger partial charge in [-0.1, -0.05) is 6.07 Å². The number of hydrogen-bond acceptors (Lipinski definition) is 3. The van der Waals surface area contributed by atoms with Gasteiger partial charge in [-0.15, -0.1) is 24.0 Å². The molecule has 0 radical (unpaired) electrons. The van der Waals surface area contributed by atoms with E-state index in [1.807, 2.05) is 25.1 Å². The fraction of sp³-hybridized carbons (Fsp3) is 0.316. The molecule has 1 N–H and O–H groups in total. The number of carbonyl (C=O) groups excluding carboxylic acids is 1. The van der Waals surface area contributed by atoms with Gasteiger partial charge in [0.05, 0.1) is 12.3 Å². The molecule has 1 saturated heterocycles. The number of nitrogens with zero attached hydrogens (tertiary/aromatic N) is 3. The topological polar surface area (TPSA) is 69.0 Å². The molecule has 0 aliphatic carbocycles. The Hall–Kier alpha value is -2.21. The zero-order valence-electron chi connectivity index (χ0n) is 14.4. The van der Waals surface area contributed by atoms with Crippen LogP contribution in [0.5, 0.6) is 0 Å². The van der Waals surface area contributed by atoms with Crippen LogP contribution in [0.3, 0.4) is 0 Å². The minimum absolute atomic E-state index is 0. The smallest absolute Gasteiger partial charge is 0.321 e. The van der Waals surface area contributed by atoms with Crippen LogP contribution in [0.15, 0.2) is 36.7 Å². The molecule has 7 heteroatoms. The van der Waals surface area contributed by atoms with Crippen molar-refractivity contribution in [1.29, 1.82) is 5.26 Å². The van der Waals surface area contributed by atoms with Crippen LogP contribution < -0.4 is 5.32 Å². The first-order chi connectivity index (χ1) is 12.1. The number of piperidine rings is 1. The van der Waals surface area contributed by atoms with Gasteiger partial charge >= 0.3 is 6.03 Å². The van der Waals surface area contributed by atoms with E-state index < -0.39 is 5.82 Å². The first kappa shape index (κ1) is 20.1. The van der Waals surface area contributed by atoms with E-state index in [9.17, 15) is 9.18 Å². The van der Waals surface area contributed by atoms with Crippen molar-refractivity contribution >= 4 is 35.7 Å². The van der Waals surface area contributed by atoms with Crippen molar-refractivity contribution in [2.45, 2.75) is 19.8 Å². The summed E-state index contributed by atoms with van der Waals surface area (Å²) in [4.78, 5) is 18.0. The molecule has 1 aromatic heterocycles. The summed E-state index contributed by atoms with van der Waals surface area (Å²) in [6, 6.07) is 9.04. The minimum Gasteiger partial charge on any atom is -0.324 e. The van der Waals surface area contributed by atoms with Crippen LogP contribution in [0.2, 0.25) is 0 Å². The molecular weight excluding hydrogens is 446 g/mol. The molecule has 1 fully saturated rings. The number of aryl methyl sites for hydroxylation is 1. The molecule has 1 aromatic carbocycles. The Morgan fingerprint density at radius 2 is 2.08 bits per heavy atom. The third-order valence-corrected chi connectivity index (χ3v) is 4.47. The van der Waals surface area contributed by atoms with Crippen LogP contribution in [-0.4, -0.2) is 29.0 Å². The van der Waals surface area contributed by atoms with E-state index in [2.05, 4.69) is 16.4 Å². The lowest BCUT2D eigenvalue weighted by molar-refractivity contribution is 0.192. The molecule has 2 aromatic rings. The molecule has 2 amide bonds. The van der Waals surface area contributed by atoms with Gasteiger partial charge in [0.2, 0.25) is 0 Å². The molecule has 1 aliphatic rings. The Bertz CT molecular complexity index is 835. The van der Waals surface area contributed by atoms with E-state index in [4.69, 9.17) is 5.26 Å². The number of anilines is 1. The predicted octanol–water partition coefficient (Wildman–Crippen LogP) is 4.83. The number of pyridine rings is 1. The van der Waals surface area contributed by atoms with E-state index >= 15 is 0 Å². The molecule has 3 rings (SSSR count). The molecule has 0 saturated carbocycles. The number of urea groups is 1. The fourth-order valence-electron chi connectivity index (χ4n) is 2.98. The molecule has 0 spiro atoms. The Labute approximate surface area is 170 Å². The Morgan fingerprint density at radius 1 is 1.35 bits per heavy atom. The summed E-state index contributed by atoms with van der Waals surface area (Å²) >= 11 is 0. The molecular formula is C19H22FIN4O. The first-order valence-electron chi connectivity index (χ1n) is 8.24. The predicted molar refractivity (Wildman–Crippen MR) is 111 cm³/mol. The van der Waals surface area contributed by atoms with Gasteiger partial charge in [0.25, 0.3) is 0 Å². The van der Waals surface area contributed by atoms with Crippen LogP contribution in [0.25, 0.3) is 11.1 Å². The van der Waals surface area contributed by atoms with Gasteiger partial charge in [-0.2, -0.15) is 5.26 Å². The van der Waals surface area contributed by atoms with E-state index in [0.717, 1.165) is 17.3 Å². The highest BCUT2D eigenvalue weighted by molar-refractivity contribution is 14.0. The molecule has 2 heterocycles. The number of rotatable bonds is 2. The number of hydrogen-bond donors (Lipinski definition) is 1. The number of nitriles is 1. The highest BCUT2D eigenvalue weighted by atomic mass is 127. The zero-order valence-corrected chi connectivity index (χ0v) is 16.7. The van der Waals surface area contributed by atoms with Crippen molar-refractivity contribution in [1.82, 2.24) is 9.88 Å². The molecule has 138 valence electrons. The van der Waals surface area contributed by atoms with Crippen LogP contribution >= 0.6 is 24.0 Å². The van der Waals surface area contributed by atoms with Gasteiger partial charge in [0.1, 0.15) is 5.82 Å². The number of aromatic nitrogens is 1. The van der Waals surface area contributed by atoms with Crippen molar-refractivity contribution in [3.8, 4) is 17.2 Å². The standard InChI is InChI=1S/C19H19FN4O.HI.H2/c1-13-2-3-17(9-18(13)15-8-16(20)12-22-11-15)23-19(25)24-6-4-14(10-21)5-7-24;;/h2-3,8-9,11-12,14H,4-7H2,1H3,(H,23,25);2*1H. The first-order valence-corrected chi connectivity index (χ1v) is 8.24. The summed E-state index contributed by atoms with van der Waals surface area (Å²) in [5.74, 6) is -0.359. The maximum absolute atomic E-state index is 13.4. The quantitative estimate of drug-likeness (QED) is 0.643. The van der Waals surface area contributed by atoms with Gasteiger partial charge in [-0.3, -0.25) is 4.98 Å². The van der Waals surface area contributed by atoms with Crippen molar-refractivity contribution in [3.05, 3.63) is 48.0 Å². The second-order valence-electron chi connectivity index (χ2n) is 6.24. The highest BCUT2D eigenvalue weighted by Crippen LogP contribution is 2.27. The molecule has 5 nitrogen and oxygen atoms in total. The summed E-state index contributed by atoms with van der Waals surface area (Å²) in [6.07, 6.45) is 4.18. The van der Waals surface area contributed by atoms with E-state index in [0.29, 0.717) is 37.2 Å². The van der Waals surface area contributed by atoms with E-state index in [-0.39, 0.29) is 37.4 Å². The largest absolute Gasteiger partial charge is 0.324 e. The fourth-order valence-corrected chi connectivity index (χ4v) is 2.98. The van der Waals surface area contributed by atoms with E-state index in [1.165, 1.54) is 6.07 Å². The zero-order chi connectivity index (χ0) is 17.8. The second kappa shape index (κ2) is 8.94. The van der Waals surface area contributed by atoms with Gasteiger partial charge in [-0.05, 0) is 49.1 Å². The van der Waals surface area contributed by atoms with Crippen LogP contribution in [0.1, 0.15) is 19.8 Å². The monoisotopic (exact) mass is 468 g/mol. The summed E-state index contributed by atoms with van der Waals surface area (Å²) in [5.41, 5.74) is 3.12. The SMILES string of the molecule is Cc1ccc(NC(=O)N2CCC(C#N)CC2)cc1-c1cncc(F)c1.I.[HH]. The Balaban J connectivity index is 0.00000182. The maximum Gasteiger partial charge on any atom is 0.321 e. The molecule has 0 unspecified atom stereocenters. The van der Waals surface area contributed by atoms with Gasteiger partial charge in [-0.25, -0.2) is 9.18 Å². The number of likely N-dealkylation sites (tertiary alicyclic amines) is 1. The van der Waals surface area contributed by atoms with Crippen LogP contribution in [0, 0.1) is 30.0 Å². The van der Waals surface area contributed by atoms with Gasteiger partial charge < -0.3 is 10.2 Å². The average Bonchev–Trinajstić information content (AvgIpc) is 2.63. The second-order valence-corrected chi connectivity index (χ2v) is 6.24. The summed E-state index contributed by atoms with van der Waals surface area (Å²) in [6.45, 7) is 3.09. The van der Waals surface area contributed by atoms with Crippen molar-refractivity contribution < 1.29 is 10.6 Å². The lowest BCUT2D eigenvalue weighted by Gasteiger charge is -2.29. The Morgan fingerprint density at radius 3 is 2.73 bits per heavy atom. The minimum atomic E-state index is -0.397. The number of nitrogens with one attached hydrogen (secondary N) is 1. The van der Waals surface area contributed by atoms with Crippen molar-refractivity contribution in [2.24, 2.45) is 5.92 Å². The summed E-state index contributed by atoms with van der Waals surface area (Å²) < 4.78 is 13.4. The molecule has 0 atom stereocenters.